The molecule has 1 aromatic heterocycles. The zero-order valence-electron chi connectivity index (χ0n) is 16.1. The minimum atomic E-state index is -4.02. The summed E-state index contributed by atoms with van der Waals surface area (Å²) in [5.74, 6) is -7.48. The SMILES string of the molecule is Cc1c(C(C)(F)F)nn(CC2CC(F)(F)C2)c1C(=O)Nc1cccc(S(N)(=O)=O)c1. The van der Waals surface area contributed by atoms with Crippen molar-refractivity contribution in [1.82, 2.24) is 9.78 Å². The predicted molar refractivity (Wildman–Crippen MR) is 100.0 cm³/mol. The highest BCUT2D eigenvalue weighted by Gasteiger charge is 2.46. The monoisotopic (exact) mass is 448 g/mol. The van der Waals surface area contributed by atoms with E-state index in [0.717, 1.165) is 10.7 Å². The standard InChI is InChI=1S/C18H20F4N4O3S/c1-10-14(16(27)24-12-4-3-5-13(6-12)30(23,28)29)26(25-15(10)17(2,19)20)9-11-7-18(21,22)8-11/h3-6,11H,7-9H2,1-2H3,(H,24,27)(H2,23,28,29). The number of anilines is 1. The van der Waals surface area contributed by atoms with Crippen molar-refractivity contribution in [2.75, 3.05) is 5.32 Å². The summed E-state index contributed by atoms with van der Waals surface area (Å²) in [7, 11) is -4.02. The Hall–Kier alpha value is -2.47. The summed E-state index contributed by atoms with van der Waals surface area (Å²) in [5.41, 5.74) is -0.855. The number of nitrogens with two attached hydrogens (primary N) is 1. The normalized spacial score (nSPS) is 16.9. The van der Waals surface area contributed by atoms with Gasteiger partial charge in [0, 0.05) is 37.6 Å². The topological polar surface area (TPSA) is 107 Å². The summed E-state index contributed by atoms with van der Waals surface area (Å²) < 4.78 is 78.2. The molecule has 1 heterocycles. The number of nitrogens with zero attached hydrogens (tertiary/aromatic N) is 2. The molecule has 0 spiro atoms. The molecule has 0 bridgehead atoms. The minimum absolute atomic E-state index is 0.0682. The van der Waals surface area contributed by atoms with E-state index in [9.17, 15) is 30.8 Å². The lowest BCUT2D eigenvalue weighted by molar-refractivity contribution is -0.114. The Labute approximate surface area is 170 Å². The fourth-order valence-corrected chi connectivity index (χ4v) is 4.05. The number of carbonyl (C=O) groups is 1. The van der Waals surface area contributed by atoms with Crippen LogP contribution in [0.15, 0.2) is 29.2 Å². The van der Waals surface area contributed by atoms with Crippen molar-refractivity contribution < 1.29 is 30.8 Å². The molecular weight excluding hydrogens is 428 g/mol. The van der Waals surface area contributed by atoms with Crippen LogP contribution in [0.5, 0.6) is 0 Å². The molecule has 7 nitrogen and oxygen atoms in total. The van der Waals surface area contributed by atoms with E-state index < -0.39 is 52.2 Å². The first kappa shape index (κ1) is 22.2. The highest BCUT2D eigenvalue weighted by molar-refractivity contribution is 7.89. The van der Waals surface area contributed by atoms with Crippen LogP contribution in [0.25, 0.3) is 0 Å². The van der Waals surface area contributed by atoms with Gasteiger partial charge in [-0.2, -0.15) is 13.9 Å². The van der Waals surface area contributed by atoms with Crippen molar-refractivity contribution in [3.8, 4) is 0 Å². The van der Waals surface area contributed by atoms with E-state index in [1.807, 2.05) is 0 Å². The van der Waals surface area contributed by atoms with Crippen molar-refractivity contribution in [3.05, 3.63) is 41.2 Å². The number of hydrogen-bond donors (Lipinski definition) is 2. The number of benzene rings is 1. The van der Waals surface area contributed by atoms with Gasteiger partial charge in [-0.15, -0.1) is 0 Å². The van der Waals surface area contributed by atoms with Gasteiger partial charge in [0.25, 0.3) is 11.8 Å². The molecule has 1 aromatic carbocycles. The van der Waals surface area contributed by atoms with Crippen molar-refractivity contribution in [1.29, 1.82) is 0 Å². The molecule has 1 aliphatic rings. The molecule has 1 saturated carbocycles. The summed E-state index contributed by atoms with van der Waals surface area (Å²) >= 11 is 0. The molecule has 0 saturated heterocycles. The summed E-state index contributed by atoms with van der Waals surface area (Å²) in [6.07, 6.45) is -0.831. The molecule has 1 fully saturated rings. The molecule has 1 amide bonds. The predicted octanol–water partition coefficient (Wildman–Crippen LogP) is 3.25. The number of sulfonamides is 1. The number of rotatable bonds is 6. The lowest BCUT2D eigenvalue weighted by Crippen LogP contribution is -2.38. The van der Waals surface area contributed by atoms with Crippen LogP contribution in [0.1, 0.15) is 41.5 Å². The summed E-state index contributed by atoms with van der Waals surface area (Å²) in [4.78, 5) is 12.6. The van der Waals surface area contributed by atoms with Gasteiger partial charge in [-0.3, -0.25) is 9.48 Å². The van der Waals surface area contributed by atoms with Crippen molar-refractivity contribution in [2.24, 2.45) is 11.1 Å². The lowest BCUT2D eigenvalue weighted by atomic mass is 9.81. The van der Waals surface area contributed by atoms with Gasteiger partial charge in [-0.25, -0.2) is 22.3 Å². The maximum absolute atomic E-state index is 13.9. The second kappa shape index (κ2) is 7.34. The Morgan fingerprint density at radius 1 is 1.37 bits per heavy atom. The van der Waals surface area contributed by atoms with Crippen LogP contribution in [-0.4, -0.2) is 30.0 Å². The molecule has 0 unspecified atom stereocenters. The zero-order chi connectivity index (χ0) is 22.5. The number of nitrogens with one attached hydrogen (secondary N) is 1. The molecule has 0 atom stereocenters. The first-order chi connectivity index (χ1) is 13.7. The molecule has 3 rings (SSSR count). The van der Waals surface area contributed by atoms with E-state index >= 15 is 0 Å². The van der Waals surface area contributed by atoms with Crippen LogP contribution < -0.4 is 10.5 Å². The molecule has 30 heavy (non-hydrogen) atoms. The number of primary sulfonamides is 1. The number of aromatic nitrogens is 2. The fraction of sp³-hybridized carbons (Fsp3) is 0.444. The van der Waals surface area contributed by atoms with Gasteiger partial charge in [-0.1, -0.05) is 6.07 Å². The van der Waals surface area contributed by atoms with Crippen LogP contribution in [0.2, 0.25) is 0 Å². The zero-order valence-corrected chi connectivity index (χ0v) is 16.9. The van der Waals surface area contributed by atoms with Crippen LogP contribution in [0.4, 0.5) is 23.2 Å². The van der Waals surface area contributed by atoms with Crippen LogP contribution in [-0.2, 0) is 22.5 Å². The Kier molecular flexibility index (Phi) is 5.44. The van der Waals surface area contributed by atoms with Crippen molar-refractivity contribution in [3.63, 3.8) is 0 Å². The quantitative estimate of drug-likeness (QED) is 0.662. The van der Waals surface area contributed by atoms with Crippen LogP contribution in [0.3, 0.4) is 0 Å². The molecule has 164 valence electrons. The Balaban J connectivity index is 1.93. The number of amides is 1. The average Bonchev–Trinajstić information content (AvgIpc) is 2.89. The number of alkyl halides is 4. The van der Waals surface area contributed by atoms with Crippen molar-refractivity contribution >= 4 is 21.6 Å². The fourth-order valence-electron chi connectivity index (χ4n) is 3.49. The molecular formula is C18H20F4N4O3S. The third kappa shape index (κ3) is 4.64. The van der Waals surface area contributed by atoms with Gasteiger partial charge < -0.3 is 5.32 Å². The Bertz CT molecular complexity index is 1090. The smallest absolute Gasteiger partial charge is 0.289 e. The van der Waals surface area contributed by atoms with Gasteiger partial charge >= 0.3 is 0 Å². The van der Waals surface area contributed by atoms with E-state index in [-0.39, 0.29) is 28.4 Å². The van der Waals surface area contributed by atoms with Crippen LogP contribution in [0, 0.1) is 12.8 Å². The van der Waals surface area contributed by atoms with Gasteiger partial charge in [0.15, 0.2) is 0 Å². The number of hydrogen-bond acceptors (Lipinski definition) is 4. The van der Waals surface area contributed by atoms with E-state index in [1.165, 1.54) is 25.1 Å². The van der Waals surface area contributed by atoms with E-state index in [0.29, 0.717) is 6.92 Å². The molecule has 12 heteroatoms. The number of halogens is 4. The molecule has 1 aliphatic carbocycles. The first-order valence-corrected chi connectivity index (χ1v) is 10.5. The van der Waals surface area contributed by atoms with Gasteiger partial charge in [0.1, 0.15) is 11.4 Å². The number of carbonyl (C=O) groups excluding carboxylic acids is 1. The molecule has 2 aromatic rings. The first-order valence-electron chi connectivity index (χ1n) is 8.95. The summed E-state index contributed by atoms with van der Waals surface area (Å²) in [5, 5.41) is 11.3. The maximum atomic E-state index is 13.9. The van der Waals surface area contributed by atoms with E-state index in [4.69, 9.17) is 5.14 Å². The summed E-state index contributed by atoms with van der Waals surface area (Å²) in [6.45, 7) is 1.80. The molecule has 3 N–H and O–H groups in total. The van der Waals surface area contributed by atoms with Crippen molar-refractivity contribution in [2.45, 2.75) is 50.0 Å². The largest absolute Gasteiger partial charge is 0.321 e. The highest BCUT2D eigenvalue weighted by atomic mass is 32.2. The third-order valence-corrected chi connectivity index (χ3v) is 5.76. The molecule has 0 aliphatic heterocycles. The van der Waals surface area contributed by atoms with Gasteiger partial charge in [0.05, 0.1) is 4.90 Å². The lowest BCUT2D eigenvalue weighted by Gasteiger charge is -2.35. The van der Waals surface area contributed by atoms with E-state index in [2.05, 4.69) is 10.4 Å². The second-order valence-corrected chi connectivity index (χ2v) is 9.11. The van der Waals surface area contributed by atoms with Gasteiger partial charge in [0.2, 0.25) is 15.9 Å². The Morgan fingerprint density at radius 2 is 2.00 bits per heavy atom. The Morgan fingerprint density at radius 3 is 2.53 bits per heavy atom. The van der Waals surface area contributed by atoms with Gasteiger partial charge in [-0.05, 0) is 31.0 Å². The maximum Gasteiger partial charge on any atom is 0.289 e. The van der Waals surface area contributed by atoms with Crippen LogP contribution >= 0.6 is 0 Å². The average molecular weight is 448 g/mol. The molecule has 0 radical (unpaired) electrons. The van der Waals surface area contributed by atoms with E-state index in [1.54, 1.807) is 0 Å². The minimum Gasteiger partial charge on any atom is -0.321 e. The third-order valence-electron chi connectivity index (χ3n) is 4.85. The highest BCUT2D eigenvalue weighted by Crippen LogP contribution is 2.43. The summed E-state index contributed by atoms with van der Waals surface area (Å²) in [6, 6.07) is 5.09. The second-order valence-electron chi connectivity index (χ2n) is 7.55.